The fraction of sp³-hybridized carbons (Fsp3) is 0.200. The SMILES string of the molecule is [N-]=[N+]=NCCC=Cc1cc(F)c(F)c(F)c1. The van der Waals surface area contributed by atoms with Gasteiger partial charge in [0.25, 0.3) is 0 Å². The molecule has 6 heteroatoms. The third-order valence-corrected chi connectivity index (χ3v) is 1.78. The molecule has 0 amide bonds. The summed E-state index contributed by atoms with van der Waals surface area (Å²) >= 11 is 0. The van der Waals surface area contributed by atoms with Crippen molar-refractivity contribution in [2.45, 2.75) is 6.42 Å². The molecule has 0 bridgehead atoms. The van der Waals surface area contributed by atoms with Gasteiger partial charge in [0.15, 0.2) is 17.5 Å². The predicted octanol–water partition coefficient (Wildman–Crippen LogP) is 3.82. The molecule has 84 valence electrons. The van der Waals surface area contributed by atoms with E-state index in [9.17, 15) is 13.2 Å². The maximum absolute atomic E-state index is 12.8. The second kappa shape index (κ2) is 5.82. The van der Waals surface area contributed by atoms with Crippen LogP contribution in [-0.2, 0) is 0 Å². The van der Waals surface area contributed by atoms with E-state index >= 15 is 0 Å². The van der Waals surface area contributed by atoms with E-state index < -0.39 is 17.5 Å². The molecule has 1 rings (SSSR count). The van der Waals surface area contributed by atoms with Crippen molar-refractivity contribution in [2.75, 3.05) is 6.54 Å². The lowest BCUT2D eigenvalue weighted by Gasteiger charge is -1.97. The normalized spacial score (nSPS) is 10.4. The van der Waals surface area contributed by atoms with Crippen molar-refractivity contribution >= 4 is 6.08 Å². The Balaban J connectivity index is 2.71. The fourth-order valence-electron chi connectivity index (χ4n) is 1.07. The van der Waals surface area contributed by atoms with E-state index in [0.717, 1.165) is 12.1 Å². The van der Waals surface area contributed by atoms with Gasteiger partial charge in [0.05, 0.1) is 0 Å². The van der Waals surface area contributed by atoms with Crippen molar-refractivity contribution < 1.29 is 13.2 Å². The molecule has 0 aliphatic carbocycles. The third kappa shape index (κ3) is 3.33. The molecule has 0 aliphatic rings. The molecule has 0 radical (unpaired) electrons. The highest BCUT2D eigenvalue weighted by Gasteiger charge is 2.08. The Hall–Kier alpha value is -1.94. The highest BCUT2D eigenvalue weighted by Crippen LogP contribution is 2.14. The Morgan fingerprint density at radius 1 is 1.25 bits per heavy atom. The van der Waals surface area contributed by atoms with Crippen LogP contribution in [0.15, 0.2) is 23.3 Å². The largest absolute Gasteiger partial charge is 0.204 e. The van der Waals surface area contributed by atoms with Gasteiger partial charge in [0.2, 0.25) is 0 Å². The first-order valence-electron chi connectivity index (χ1n) is 4.47. The zero-order valence-electron chi connectivity index (χ0n) is 8.20. The zero-order chi connectivity index (χ0) is 12.0. The molecule has 16 heavy (non-hydrogen) atoms. The van der Waals surface area contributed by atoms with Crippen LogP contribution in [-0.4, -0.2) is 6.54 Å². The molecule has 0 spiro atoms. The van der Waals surface area contributed by atoms with Crippen molar-refractivity contribution in [1.82, 2.24) is 0 Å². The van der Waals surface area contributed by atoms with Crippen LogP contribution in [0.5, 0.6) is 0 Å². The average Bonchev–Trinajstić information content (AvgIpc) is 2.25. The Labute approximate surface area is 89.8 Å². The summed E-state index contributed by atoms with van der Waals surface area (Å²) in [6, 6.07) is 1.78. The van der Waals surface area contributed by atoms with Crippen LogP contribution in [0, 0.1) is 17.5 Å². The predicted molar refractivity (Wildman–Crippen MR) is 54.0 cm³/mol. The minimum atomic E-state index is -1.48. The second-order valence-corrected chi connectivity index (χ2v) is 2.94. The van der Waals surface area contributed by atoms with Gasteiger partial charge < -0.3 is 0 Å². The van der Waals surface area contributed by atoms with E-state index in [0.29, 0.717) is 6.42 Å². The first-order valence-corrected chi connectivity index (χ1v) is 4.47. The fourth-order valence-corrected chi connectivity index (χ4v) is 1.07. The Morgan fingerprint density at radius 2 is 1.88 bits per heavy atom. The maximum Gasteiger partial charge on any atom is 0.194 e. The van der Waals surface area contributed by atoms with E-state index in [2.05, 4.69) is 10.0 Å². The van der Waals surface area contributed by atoms with Crippen molar-refractivity contribution in [1.29, 1.82) is 0 Å². The molecule has 1 aromatic carbocycles. The van der Waals surface area contributed by atoms with Gasteiger partial charge in [-0.05, 0) is 29.6 Å². The number of halogens is 3. The quantitative estimate of drug-likeness (QED) is 0.247. The van der Waals surface area contributed by atoms with Crippen LogP contribution in [0.3, 0.4) is 0 Å². The molecule has 0 saturated heterocycles. The van der Waals surface area contributed by atoms with E-state index in [1.807, 2.05) is 0 Å². The monoisotopic (exact) mass is 227 g/mol. The summed E-state index contributed by atoms with van der Waals surface area (Å²) < 4.78 is 38.1. The maximum atomic E-state index is 12.8. The molecule has 0 N–H and O–H groups in total. The number of rotatable bonds is 4. The number of nitrogens with zero attached hydrogens (tertiary/aromatic N) is 3. The molecule has 0 heterocycles. The zero-order valence-corrected chi connectivity index (χ0v) is 8.20. The van der Waals surface area contributed by atoms with Crippen molar-refractivity contribution in [3.8, 4) is 0 Å². The molecule has 3 nitrogen and oxygen atoms in total. The van der Waals surface area contributed by atoms with Crippen molar-refractivity contribution in [3.63, 3.8) is 0 Å². The van der Waals surface area contributed by atoms with E-state index in [-0.39, 0.29) is 12.1 Å². The Bertz CT molecular complexity index is 428. The molecular formula is C10H8F3N3. The van der Waals surface area contributed by atoms with E-state index in [1.54, 1.807) is 6.08 Å². The summed E-state index contributed by atoms with van der Waals surface area (Å²) in [7, 11) is 0. The molecule has 0 aliphatic heterocycles. The number of hydrogen-bond acceptors (Lipinski definition) is 1. The minimum absolute atomic E-state index is 0.220. The van der Waals surface area contributed by atoms with Gasteiger partial charge >= 0.3 is 0 Å². The lowest BCUT2D eigenvalue weighted by atomic mass is 10.2. The smallest absolute Gasteiger partial charge is 0.194 e. The summed E-state index contributed by atoms with van der Waals surface area (Å²) in [5, 5.41) is 3.27. The van der Waals surface area contributed by atoms with Gasteiger partial charge in [0.1, 0.15) is 0 Å². The van der Waals surface area contributed by atoms with Crippen LogP contribution in [0.25, 0.3) is 16.5 Å². The molecule has 0 atom stereocenters. The average molecular weight is 227 g/mol. The van der Waals surface area contributed by atoms with Gasteiger partial charge in [-0.2, -0.15) is 0 Å². The minimum Gasteiger partial charge on any atom is -0.204 e. The highest BCUT2D eigenvalue weighted by atomic mass is 19.2. The Morgan fingerprint density at radius 3 is 2.44 bits per heavy atom. The van der Waals surface area contributed by atoms with Crippen LogP contribution in [0.1, 0.15) is 12.0 Å². The van der Waals surface area contributed by atoms with Gasteiger partial charge in [-0.15, -0.1) is 0 Å². The molecule has 0 aromatic heterocycles. The van der Waals surface area contributed by atoms with Gasteiger partial charge in [0, 0.05) is 11.5 Å². The summed E-state index contributed by atoms with van der Waals surface area (Å²) in [6.07, 6.45) is 3.46. The summed E-state index contributed by atoms with van der Waals surface area (Å²) in [5.41, 5.74) is 8.20. The third-order valence-electron chi connectivity index (χ3n) is 1.78. The lowest BCUT2D eigenvalue weighted by molar-refractivity contribution is 0.447. The van der Waals surface area contributed by atoms with Crippen LogP contribution in [0.4, 0.5) is 13.2 Å². The number of hydrogen-bond donors (Lipinski definition) is 0. The standard InChI is InChI=1S/C10H8F3N3/c11-8-5-7(6-9(12)10(8)13)3-1-2-4-15-16-14/h1,3,5-6H,2,4H2. The first kappa shape index (κ1) is 12.1. The van der Waals surface area contributed by atoms with Crippen molar-refractivity contribution in [2.24, 2.45) is 5.11 Å². The Kier molecular flexibility index (Phi) is 4.42. The van der Waals surface area contributed by atoms with Crippen LogP contribution in [0.2, 0.25) is 0 Å². The second-order valence-electron chi connectivity index (χ2n) is 2.94. The summed E-state index contributed by atoms with van der Waals surface area (Å²) in [4.78, 5) is 2.54. The molecule has 0 fully saturated rings. The van der Waals surface area contributed by atoms with E-state index in [4.69, 9.17) is 5.53 Å². The summed E-state index contributed by atoms with van der Waals surface area (Å²) in [5.74, 6) is -3.93. The lowest BCUT2D eigenvalue weighted by Crippen LogP contribution is -1.91. The number of benzene rings is 1. The molecule has 0 saturated carbocycles. The first-order chi connectivity index (χ1) is 7.65. The molecular weight excluding hydrogens is 219 g/mol. The van der Waals surface area contributed by atoms with Gasteiger partial charge in [-0.25, -0.2) is 13.2 Å². The van der Waals surface area contributed by atoms with Crippen LogP contribution >= 0.6 is 0 Å². The van der Waals surface area contributed by atoms with Crippen LogP contribution < -0.4 is 0 Å². The van der Waals surface area contributed by atoms with Gasteiger partial charge in [-0.1, -0.05) is 17.3 Å². The summed E-state index contributed by atoms with van der Waals surface area (Å²) in [6.45, 7) is 0.263. The van der Waals surface area contributed by atoms with Crippen molar-refractivity contribution in [3.05, 3.63) is 51.7 Å². The number of azide groups is 1. The molecule has 0 unspecified atom stereocenters. The topological polar surface area (TPSA) is 48.8 Å². The van der Waals surface area contributed by atoms with E-state index in [1.165, 1.54) is 6.08 Å². The highest BCUT2D eigenvalue weighted by molar-refractivity contribution is 5.49. The molecule has 1 aromatic rings. The van der Waals surface area contributed by atoms with Gasteiger partial charge in [-0.3, -0.25) is 0 Å².